The summed E-state index contributed by atoms with van der Waals surface area (Å²) in [6, 6.07) is 0. The molecule has 0 saturated heterocycles. The van der Waals surface area contributed by atoms with Crippen molar-refractivity contribution < 1.29 is 9.53 Å². The van der Waals surface area contributed by atoms with Crippen LogP contribution in [0.15, 0.2) is 6.20 Å². The Labute approximate surface area is 79.2 Å². The number of hydrogen-bond acceptors (Lipinski definition) is 2. The van der Waals surface area contributed by atoms with E-state index in [4.69, 9.17) is 41.4 Å². The summed E-state index contributed by atoms with van der Waals surface area (Å²) < 4.78 is 2.80. The van der Waals surface area contributed by atoms with Crippen molar-refractivity contribution in [2.45, 2.75) is 3.79 Å². The molecule has 3 nitrogen and oxygen atoms in total. The van der Waals surface area contributed by atoms with E-state index in [1.54, 1.807) is 0 Å². The number of alkyl carbamates (subject to hydrolysis) is 1. The molecule has 0 heterocycles. The van der Waals surface area contributed by atoms with Crippen LogP contribution in [0.25, 0.3) is 0 Å². The molecule has 0 aliphatic rings. The smallest absolute Gasteiger partial charge is 0.411 e. The molecule has 1 amide bonds. The van der Waals surface area contributed by atoms with Crippen molar-refractivity contribution in [3.05, 3.63) is 12.8 Å². The average Bonchev–Trinajstić information content (AvgIpc) is 1.83. The molecule has 63 valence electrons. The van der Waals surface area contributed by atoms with Crippen LogP contribution in [0.1, 0.15) is 0 Å². The van der Waals surface area contributed by atoms with E-state index < -0.39 is 9.89 Å². The number of carbonyl (C=O) groups excluding carboxylic acids is 1. The SMILES string of the molecule is [CH]=CNC(=O)OCC(Cl)(Cl)Cl. The van der Waals surface area contributed by atoms with Crippen molar-refractivity contribution in [3.63, 3.8) is 0 Å². The fraction of sp³-hybridized carbons (Fsp3) is 0.400. The van der Waals surface area contributed by atoms with Crippen molar-refractivity contribution in [2.75, 3.05) is 6.61 Å². The molecule has 0 bridgehead atoms. The Morgan fingerprint density at radius 2 is 2.18 bits per heavy atom. The third kappa shape index (κ3) is 7.78. The van der Waals surface area contributed by atoms with Crippen molar-refractivity contribution in [3.8, 4) is 0 Å². The molecule has 0 aromatic rings. The molecule has 1 N–H and O–H groups in total. The molecular formula is C5H5Cl3NO2. The highest BCUT2D eigenvalue weighted by Gasteiger charge is 2.21. The Morgan fingerprint density at radius 1 is 1.64 bits per heavy atom. The fourth-order valence-corrected chi connectivity index (χ4v) is 0.421. The zero-order chi connectivity index (χ0) is 8.91. The maximum atomic E-state index is 10.5. The van der Waals surface area contributed by atoms with Gasteiger partial charge in [0.05, 0.1) is 0 Å². The van der Waals surface area contributed by atoms with E-state index in [2.05, 4.69) is 4.74 Å². The zero-order valence-corrected chi connectivity index (χ0v) is 7.58. The molecule has 0 fully saturated rings. The number of ether oxygens (including phenoxy) is 1. The minimum Gasteiger partial charge on any atom is -0.445 e. The lowest BCUT2D eigenvalue weighted by Crippen LogP contribution is -2.23. The van der Waals surface area contributed by atoms with Gasteiger partial charge < -0.3 is 4.74 Å². The van der Waals surface area contributed by atoms with E-state index in [1.807, 2.05) is 5.32 Å². The van der Waals surface area contributed by atoms with E-state index in [-0.39, 0.29) is 6.61 Å². The molecule has 0 rings (SSSR count). The number of amides is 1. The Morgan fingerprint density at radius 3 is 2.55 bits per heavy atom. The molecule has 6 heteroatoms. The lowest BCUT2D eigenvalue weighted by atomic mass is 10.8. The third-order valence-corrected chi connectivity index (χ3v) is 0.895. The number of carbonyl (C=O) groups is 1. The van der Waals surface area contributed by atoms with E-state index in [0.29, 0.717) is 0 Å². The summed E-state index contributed by atoms with van der Waals surface area (Å²) in [6.07, 6.45) is 0.152. The molecule has 0 aliphatic carbocycles. The largest absolute Gasteiger partial charge is 0.445 e. The Balaban J connectivity index is 3.54. The van der Waals surface area contributed by atoms with E-state index in [9.17, 15) is 4.79 Å². The van der Waals surface area contributed by atoms with Crippen LogP contribution in [-0.2, 0) is 4.74 Å². The Hall–Kier alpha value is -0.120. The monoisotopic (exact) mass is 216 g/mol. The topological polar surface area (TPSA) is 38.3 Å². The van der Waals surface area contributed by atoms with Gasteiger partial charge >= 0.3 is 6.09 Å². The average molecular weight is 217 g/mol. The van der Waals surface area contributed by atoms with Crippen molar-refractivity contribution >= 4 is 40.9 Å². The minimum atomic E-state index is -1.59. The lowest BCUT2D eigenvalue weighted by Gasteiger charge is -2.10. The summed E-state index contributed by atoms with van der Waals surface area (Å²) in [5.74, 6) is 0. The molecular weight excluding hydrogens is 212 g/mol. The van der Waals surface area contributed by atoms with Gasteiger partial charge in [-0.15, -0.1) is 0 Å². The maximum Gasteiger partial charge on any atom is 0.411 e. The van der Waals surface area contributed by atoms with E-state index in [1.165, 1.54) is 0 Å². The minimum absolute atomic E-state index is 0.322. The quantitative estimate of drug-likeness (QED) is 0.719. The number of hydrogen-bond donors (Lipinski definition) is 1. The van der Waals surface area contributed by atoms with Crippen LogP contribution >= 0.6 is 34.8 Å². The van der Waals surface area contributed by atoms with Crippen LogP contribution < -0.4 is 5.32 Å². The summed E-state index contributed by atoms with van der Waals surface area (Å²) in [7, 11) is 0. The standard InChI is InChI=1S/C5H5Cl3NO2/c1-2-9-4(10)11-3-5(6,7)8/h1-2H,3H2,(H,9,10). The molecule has 0 aromatic carbocycles. The number of nitrogens with one attached hydrogen (secondary N) is 1. The van der Waals surface area contributed by atoms with Gasteiger partial charge in [0.15, 0.2) is 0 Å². The van der Waals surface area contributed by atoms with Gasteiger partial charge in [-0.3, -0.25) is 5.32 Å². The number of alkyl halides is 3. The normalized spacial score (nSPS) is 10.5. The third-order valence-electron chi connectivity index (χ3n) is 0.568. The van der Waals surface area contributed by atoms with Gasteiger partial charge in [0, 0.05) is 6.20 Å². The van der Waals surface area contributed by atoms with Gasteiger partial charge in [-0.25, -0.2) is 4.79 Å². The first kappa shape index (κ1) is 10.9. The molecule has 0 saturated carbocycles. The predicted octanol–water partition coefficient (Wildman–Crippen LogP) is 2.03. The van der Waals surface area contributed by atoms with Crippen LogP contribution in [-0.4, -0.2) is 16.5 Å². The summed E-state index contributed by atoms with van der Waals surface area (Å²) in [5.41, 5.74) is 0. The first-order valence-electron chi connectivity index (χ1n) is 2.49. The van der Waals surface area contributed by atoms with Gasteiger partial charge in [0.2, 0.25) is 3.79 Å². The van der Waals surface area contributed by atoms with E-state index in [0.717, 1.165) is 6.20 Å². The van der Waals surface area contributed by atoms with Crippen LogP contribution in [0.5, 0.6) is 0 Å². The molecule has 1 radical (unpaired) electrons. The molecule has 0 aliphatic heterocycles. The van der Waals surface area contributed by atoms with Crippen molar-refractivity contribution in [2.24, 2.45) is 0 Å². The molecule has 0 spiro atoms. The van der Waals surface area contributed by atoms with Crippen LogP contribution in [0.4, 0.5) is 4.79 Å². The summed E-state index contributed by atoms with van der Waals surface area (Å²) in [5, 5.41) is 2.03. The molecule has 0 aromatic heterocycles. The van der Waals surface area contributed by atoms with Gasteiger partial charge in [-0.05, 0) is 6.58 Å². The highest BCUT2D eigenvalue weighted by Crippen LogP contribution is 2.25. The lowest BCUT2D eigenvalue weighted by molar-refractivity contribution is 0.152. The van der Waals surface area contributed by atoms with Gasteiger partial charge in [-0.2, -0.15) is 0 Å². The number of rotatable bonds is 2. The second-order valence-corrected chi connectivity index (χ2v) is 4.02. The second-order valence-electron chi connectivity index (χ2n) is 1.50. The highest BCUT2D eigenvalue weighted by atomic mass is 35.6. The van der Waals surface area contributed by atoms with Crippen molar-refractivity contribution in [1.82, 2.24) is 5.32 Å². The summed E-state index contributed by atoms with van der Waals surface area (Å²) in [6.45, 7) is 4.51. The van der Waals surface area contributed by atoms with Crippen LogP contribution in [0, 0.1) is 6.58 Å². The summed E-state index contributed by atoms with van der Waals surface area (Å²) >= 11 is 15.8. The fourth-order valence-electron chi connectivity index (χ4n) is 0.257. The Kier molecular flexibility index (Phi) is 4.65. The van der Waals surface area contributed by atoms with E-state index >= 15 is 0 Å². The Bertz CT molecular complexity index is 154. The van der Waals surface area contributed by atoms with Crippen LogP contribution in [0.2, 0.25) is 0 Å². The predicted molar refractivity (Wildman–Crippen MR) is 43.6 cm³/mol. The van der Waals surface area contributed by atoms with Gasteiger partial charge in [-0.1, -0.05) is 34.8 Å². The molecule has 0 unspecified atom stereocenters. The first-order chi connectivity index (χ1) is 4.95. The van der Waals surface area contributed by atoms with Gasteiger partial charge in [0.25, 0.3) is 0 Å². The molecule has 0 atom stereocenters. The highest BCUT2D eigenvalue weighted by molar-refractivity contribution is 6.67. The summed E-state index contributed by atoms with van der Waals surface area (Å²) in [4.78, 5) is 10.5. The molecule has 11 heavy (non-hydrogen) atoms. The van der Waals surface area contributed by atoms with Crippen molar-refractivity contribution in [1.29, 1.82) is 0 Å². The van der Waals surface area contributed by atoms with Crippen LogP contribution in [0.3, 0.4) is 0 Å². The first-order valence-corrected chi connectivity index (χ1v) is 3.62. The zero-order valence-electron chi connectivity index (χ0n) is 5.31. The second kappa shape index (κ2) is 4.70. The maximum absolute atomic E-state index is 10.5. The number of halogens is 3. The van der Waals surface area contributed by atoms with Gasteiger partial charge in [0.1, 0.15) is 6.61 Å².